The fourth-order valence-corrected chi connectivity index (χ4v) is 2.02. The van der Waals surface area contributed by atoms with Crippen LogP contribution in [0.15, 0.2) is 48.5 Å². The van der Waals surface area contributed by atoms with Gasteiger partial charge in [0, 0.05) is 12.6 Å². The van der Waals surface area contributed by atoms with E-state index in [0.29, 0.717) is 11.3 Å². The normalized spacial score (nSPS) is 10.0. The Morgan fingerprint density at radius 2 is 1.68 bits per heavy atom. The molecule has 0 heterocycles. The molecule has 7 heteroatoms. The number of anilines is 2. The van der Waals surface area contributed by atoms with Gasteiger partial charge in [0.05, 0.1) is 12.1 Å². The molecule has 0 aliphatic rings. The molecule has 0 aliphatic heterocycles. The molecule has 25 heavy (non-hydrogen) atoms. The first-order valence-electron chi connectivity index (χ1n) is 7.50. The van der Waals surface area contributed by atoms with Gasteiger partial charge in [-0.3, -0.25) is 14.4 Å². The second-order valence-corrected chi connectivity index (χ2v) is 5.24. The zero-order valence-electron chi connectivity index (χ0n) is 13.5. The third-order valence-electron chi connectivity index (χ3n) is 3.13. The van der Waals surface area contributed by atoms with Gasteiger partial charge in [-0.05, 0) is 29.8 Å². The number of ether oxygens (including phenoxy) is 1. The number of para-hydroxylation sites is 1. The first-order valence-corrected chi connectivity index (χ1v) is 7.50. The van der Waals surface area contributed by atoms with Crippen molar-refractivity contribution in [2.75, 3.05) is 17.2 Å². The smallest absolute Gasteiger partial charge is 0.310 e. The zero-order valence-corrected chi connectivity index (χ0v) is 13.5. The first kappa shape index (κ1) is 18.1. The largest absolute Gasteiger partial charge is 0.455 e. The maximum Gasteiger partial charge on any atom is 0.310 e. The van der Waals surface area contributed by atoms with Crippen LogP contribution in [0.3, 0.4) is 0 Å². The van der Waals surface area contributed by atoms with Crippen LogP contribution in [0.4, 0.5) is 15.8 Å². The molecule has 0 spiro atoms. The summed E-state index contributed by atoms with van der Waals surface area (Å²) in [5.74, 6) is -1.97. The van der Waals surface area contributed by atoms with Gasteiger partial charge in [0.1, 0.15) is 5.82 Å². The Labute approximate surface area is 144 Å². The van der Waals surface area contributed by atoms with Crippen molar-refractivity contribution in [1.29, 1.82) is 0 Å². The van der Waals surface area contributed by atoms with Gasteiger partial charge in [-0.25, -0.2) is 4.39 Å². The fourth-order valence-electron chi connectivity index (χ4n) is 2.02. The van der Waals surface area contributed by atoms with Crippen LogP contribution in [-0.4, -0.2) is 24.4 Å². The topological polar surface area (TPSA) is 84.5 Å². The SMILES string of the molecule is CC(=O)Nc1ccc(CC(=O)OCC(=O)Nc2ccccc2F)cc1. The van der Waals surface area contributed by atoms with Crippen LogP contribution in [0.1, 0.15) is 12.5 Å². The van der Waals surface area contributed by atoms with Crippen LogP contribution in [0.25, 0.3) is 0 Å². The second-order valence-electron chi connectivity index (χ2n) is 5.24. The van der Waals surface area contributed by atoms with Crippen LogP contribution in [-0.2, 0) is 25.5 Å². The molecule has 6 nitrogen and oxygen atoms in total. The summed E-state index contributed by atoms with van der Waals surface area (Å²) in [6.07, 6.45) is -0.0205. The molecule has 2 aromatic rings. The summed E-state index contributed by atoms with van der Waals surface area (Å²) in [7, 11) is 0. The summed E-state index contributed by atoms with van der Waals surface area (Å²) < 4.78 is 18.3. The molecule has 0 atom stereocenters. The van der Waals surface area contributed by atoms with E-state index in [4.69, 9.17) is 4.74 Å². The van der Waals surface area contributed by atoms with Crippen molar-refractivity contribution in [3.63, 3.8) is 0 Å². The lowest BCUT2D eigenvalue weighted by Gasteiger charge is -2.08. The maximum absolute atomic E-state index is 13.4. The Bertz CT molecular complexity index is 775. The summed E-state index contributed by atoms with van der Waals surface area (Å²) >= 11 is 0. The number of esters is 1. The number of carbonyl (C=O) groups excluding carboxylic acids is 3. The average molecular weight is 344 g/mol. The summed E-state index contributed by atoms with van der Waals surface area (Å²) in [4.78, 5) is 34.4. The van der Waals surface area contributed by atoms with Crippen molar-refractivity contribution in [3.8, 4) is 0 Å². The first-order chi connectivity index (χ1) is 11.9. The van der Waals surface area contributed by atoms with E-state index in [1.165, 1.54) is 25.1 Å². The van der Waals surface area contributed by atoms with Crippen molar-refractivity contribution in [3.05, 3.63) is 59.9 Å². The summed E-state index contributed by atoms with van der Waals surface area (Å²) in [5, 5.41) is 4.94. The Kier molecular flexibility index (Phi) is 6.22. The molecule has 2 N–H and O–H groups in total. The van der Waals surface area contributed by atoms with Crippen molar-refractivity contribution in [2.45, 2.75) is 13.3 Å². The van der Waals surface area contributed by atoms with Gasteiger partial charge in [0.2, 0.25) is 5.91 Å². The van der Waals surface area contributed by atoms with E-state index in [2.05, 4.69) is 10.6 Å². The zero-order chi connectivity index (χ0) is 18.2. The second kappa shape index (κ2) is 8.58. The predicted molar refractivity (Wildman–Crippen MR) is 90.4 cm³/mol. The van der Waals surface area contributed by atoms with E-state index in [9.17, 15) is 18.8 Å². The molecule has 0 bridgehead atoms. The number of carbonyl (C=O) groups is 3. The van der Waals surface area contributed by atoms with E-state index >= 15 is 0 Å². The van der Waals surface area contributed by atoms with E-state index < -0.39 is 24.3 Å². The lowest BCUT2D eigenvalue weighted by atomic mass is 10.1. The molecule has 2 aromatic carbocycles. The molecule has 0 unspecified atom stereocenters. The fraction of sp³-hybridized carbons (Fsp3) is 0.167. The third-order valence-corrected chi connectivity index (χ3v) is 3.13. The lowest BCUT2D eigenvalue weighted by Crippen LogP contribution is -2.22. The molecule has 0 aromatic heterocycles. The van der Waals surface area contributed by atoms with Crippen LogP contribution in [0.5, 0.6) is 0 Å². The molecule has 0 saturated heterocycles. The van der Waals surface area contributed by atoms with E-state index in [-0.39, 0.29) is 18.0 Å². The van der Waals surface area contributed by atoms with Crippen molar-refractivity contribution < 1.29 is 23.5 Å². The minimum absolute atomic E-state index is 0.0205. The summed E-state index contributed by atoms with van der Waals surface area (Å²) in [6.45, 7) is 0.898. The molecule has 0 aliphatic carbocycles. The minimum Gasteiger partial charge on any atom is -0.455 e. The molecular formula is C18H17FN2O4. The molecule has 0 fully saturated rings. The Morgan fingerprint density at radius 3 is 2.32 bits per heavy atom. The molecule has 0 radical (unpaired) electrons. The highest BCUT2D eigenvalue weighted by atomic mass is 19.1. The van der Waals surface area contributed by atoms with Crippen molar-refractivity contribution in [1.82, 2.24) is 0 Å². The van der Waals surface area contributed by atoms with E-state index in [1.54, 1.807) is 30.3 Å². The highest BCUT2D eigenvalue weighted by Gasteiger charge is 2.10. The quantitative estimate of drug-likeness (QED) is 0.789. The Morgan fingerprint density at radius 1 is 1.00 bits per heavy atom. The number of rotatable bonds is 6. The predicted octanol–water partition coefficient (Wildman–Crippen LogP) is 2.51. The molecule has 0 saturated carbocycles. The van der Waals surface area contributed by atoms with Gasteiger partial charge in [-0.1, -0.05) is 24.3 Å². The number of halogens is 1. The minimum atomic E-state index is -0.626. The number of nitrogens with one attached hydrogen (secondary N) is 2. The standard InChI is InChI=1S/C18H17FN2O4/c1-12(22)20-14-8-6-13(7-9-14)10-18(24)25-11-17(23)21-16-5-3-2-4-15(16)19/h2-9H,10-11H2,1H3,(H,20,22)(H,21,23). The van der Waals surface area contributed by atoms with Crippen molar-refractivity contribution in [2.24, 2.45) is 0 Å². The number of hydrogen-bond acceptors (Lipinski definition) is 4. The maximum atomic E-state index is 13.4. The Balaban J connectivity index is 1.79. The summed E-state index contributed by atoms with van der Waals surface area (Å²) in [6, 6.07) is 12.4. The number of amides is 2. The average Bonchev–Trinajstić information content (AvgIpc) is 2.56. The van der Waals surface area contributed by atoms with Gasteiger partial charge in [0.15, 0.2) is 6.61 Å². The van der Waals surface area contributed by atoms with Gasteiger partial charge in [0.25, 0.3) is 5.91 Å². The van der Waals surface area contributed by atoms with E-state index in [1.807, 2.05) is 0 Å². The van der Waals surface area contributed by atoms with Crippen LogP contribution >= 0.6 is 0 Å². The van der Waals surface area contributed by atoms with Crippen molar-refractivity contribution >= 4 is 29.2 Å². The highest BCUT2D eigenvalue weighted by molar-refractivity contribution is 5.93. The monoisotopic (exact) mass is 344 g/mol. The number of benzene rings is 2. The van der Waals surface area contributed by atoms with Crippen LogP contribution < -0.4 is 10.6 Å². The molecule has 2 amide bonds. The van der Waals surface area contributed by atoms with Crippen LogP contribution in [0, 0.1) is 5.82 Å². The highest BCUT2D eigenvalue weighted by Crippen LogP contribution is 2.12. The van der Waals surface area contributed by atoms with Gasteiger partial charge >= 0.3 is 5.97 Å². The van der Waals surface area contributed by atoms with Gasteiger partial charge < -0.3 is 15.4 Å². The van der Waals surface area contributed by atoms with Gasteiger partial charge in [-0.15, -0.1) is 0 Å². The molecule has 2 rings (SSSR count). The lowest BCUT2D eigenvalue weighted by molar-refractivity contribution is -0.146. The summed E-state index contributed by atoms with van der Waals surface area (Å²) in [5.41, 5.74) is 1.32. The Hall–Kier alpha value is -3.22. The van der Waals surface area contributed by atoms with Crippen LogP contribution in [0.2, 0.25) is 0 Å². The molecule has 130 valence electrons. The van der Waals surface area contributed by atoms with Gasteiger partial charge in [-0.2, -0.15) is 0 Å². The van der Waals surface area contributed by atoms with E-state index in [0.717, 1.165) is 0 Å². The molecular weight excluding hydrogens is 327 g/mol. The number of hydrogen-bond donors (Lipinski definition) is 2. The third kappa shape index (κ3) is 6.06.